The number of carbonyl (C=O) groups excluding carboxylic acids is 2. The highest BCUT2D eigenvalue weighted by atomic mass is 19.1. The van der Waals surface area contributed by atoms with Gasteiger partial charge in [0, 0.05) is 5.56 Å². The van der Waals surface area contributed by atoms with E-state index in [0.29, 0.717) is 53.9 Å². The third-order valence-corrected chi connectivity index (χ3v) is 5.90. The zero-order valence-electron chi connectivity index (χ0n) is 23.8. The molecule has 0 aliphatic carbocycles. The van der Waals surface area contributed by atoms with Gasteiger partial charge in [-0.3, -0.25) is 9.59 Å². The molecule has 0 atom stereocenters. The van der Waals surface area contributed by atoms with E-state index >= 15 is 0 Å². The summed E-state index contributed by atoms with van der Waals surface area (Å²) < 4.78 is 36.6. The van der Waals surface area contributed by atoms with Gasteiger partial charge in [0.2, 0.25) is 0 Å². The Kier molecular flexibility index (Phi) is 11.1. The lowest BCUT2D eigenvalue weighted by atomic mass is 10.2. The van der Waals surface area contributed by atoms with Crippen LogP contribution in [0.25, 0.3) is 0 Å². The van der Waals surface area contributed by atoms with E-state index in [1.54, 1.807) is 42.5 Å². The Balaban J connectivity index is 1.35. The molecule has 0 saturated heterocycles. The predicted octanol–water partition coefficient (Wildman–Crippen LogP) is 5.98. The summed E-state index contributed by atoms with van der Waals surface area (Å²) in [4.78, 5) is 25.0. The lowest BCUT2D eigenvalue weighted by Crippen LogP contribution is -2.21. The van der Waals surface area contributed by atoms with Crippen LogP contribution in [0.5, 0.6) is 23.0 Å². The molecule has 2 amide bonds. The monoisotopic (exact) mass is 585 g/mol. The van der Waals surface area contributed by atoms with Crippen molar-refractivity contribution >= 4 is 23.7 Å². The van der Waals surface area contributed by atoms with Gasteiger partial charge in [0.1, 0.15) is 12.4 Å². The van der Waals surface area contributed by atoms with E-state index in [-0.39, 0.29) is 12.3 Å². The van der Waals surface area contributed by atoms with Crippen molar-refractivity contribution in [1.29, 1.82) is 0 Å². The van der Waals surface area contributed by atoms with Gasteiger partial charge >= 0.3 is 0 Å². The van der Waals surface area contributed by atoms with Crippen LogP contribution in [0.3, 0.4) is 0 Å². The van der Waals surface area contributed by atoms with Crippen molar-refractivity contribution in [1.82, 2.24) is 5.43 Å². The summed E-state index contributed by atoms with van der Waals surface area (Å²) >= 11 is 0. The van der Waals surface area contributed by atoms with Gasteiger partial charge in [-0.1, -0.05) is 42.5 Å². The van der Waals surface area contributed by atoms with E-state index in [9.17, 15) is 14.0 Å². The average Bonchev–Trinajstić information content (AvgIpc) is 3.02. The number of hydrogen-bond acceptors (Lipinski definition) is 7. The molecule has 4 aromatic carbocycles. The van der Waals surface area contributed by atoms with E-state index in [0.717, 1.165) is 5.56 Å². The van der Waals surface area contributed by atoms with Crippen molar-refractivity contribution in [3.05, 3.63) is 114 Å². The number of halogens is 1. The maximum absolute atomic E-state index is 13.8. The molecule has 4 rings (SSSR count). The Labute approximate surface area is 249 Å². The van der Waals surface area contributed by atoms with Gasteiger partial charge in [-0.15, -0.1) is 0 Å². The lowest BCUT2D eigenvalue weighted by Gasteiger charge is -2.13. The van der Waals surface area contributed by atoms with Crippen molar-refractivity contribution in [3.8, 4) is 23.0 Å². The normalized spacial score (nSPS) is 10.7. The topological polar surface area (TPSA) is 107 Å². The van der Waals surface area contributed by atoms with E-state index in [1.807, 2.05) is 44.2 Å². The summed E-state index contributed by atoms with van der Waals surface area (Å²) in [7, 11) is 0. The number of hydrogen-bond donors (Lipinski definition) is 2. The van der Waals surface area contributed by atoms with E-state index in [4.69, 9.17) is 18.9 Å². The molecule has 9 nitrogen and oxygen atoms in total. The number of ether oxygens (including phenoxy) is 4. The third-order valence-electron chi connectivity index (χ3n) is 5.90. The first kappa shape index (κ1) is 30.6. The van der Waals surface area contributed by atoms with Crippen LogP contribution < -0.4 is 29.7 Å². The Bertz CT molecular complexity index is 1560. The molecule has 0 spiro atoms. The second-order valence-electron chi connectivity index (χ2n) is 9.02. The third kappa shape index (κ3) is 9.06. The van der Waals surface area contributed by atoms with Crippen LogP contribution in [-0.4, -0.2) is 37.8 Å². The van der Waals surface area contributed by atoms with E-state index in [2.05, 4.69) is 15.8 Å². The second-order valence-corrected chi connectivity index (χ2v) is 9.02. The summed E-state index contributed by atoms with van der Waals surface area (Å²) in [6.07, 6.45) is 1.45. The van der Waals surface area contributed by atoms with Crippen LogP contribution in [0.15, 0.2) is 96.1 Å². The van der Waals surface area contributed by atoms with Crippen LogP contribution in [0, 0.1) is 5.82 Å². The van der Waals surface area contributed by atoms with Crippen molar-refractivity contribution in [2.75, 3.05) is 25.1 Å². The first-order chi connectivity index (χ1) is 21.0. The molecule has 2 N–H and O–H groups in total. The molecule has 0 fully saturated rings. The van der Waals surface area contributed by atoms with Gasteiger partial charge in [-0.05, 0) is 73.5 Å². The molecule has 0 saturated carbocycles. The molecule has 0 radical (unpaired) electrons. The van der Waals surface area contributed by atoms with Gasteiger partial charge < -0.3 is 24.3 Å². The molecule has 0 unspecified atom stereocenters. The molecule has 4 aromatic rings. The Hall–Kier alpha value is -5.38. The molecule has 0 heterocycles. The largest absolute Gasteiger partial charge is 0.490 e. The number of anilines is 1. The molecule has 0 aromatic heterocycles. The average molecular weight is 586 g/mol. The highest BCUT2D eigenvalue weighted by molar-refractivity contribution is 5.95. The first-order valence-electron chi connectivity index (χ1n) is 13.7. The summed E-state index contributed by atoms with van der Waals surface area (Å²) in [5.41, 5.74) is 4.55. The second kappa shape index (κ2) is 15.6. The minimum atomic E-state index is -0.541. The highest BCUT2D eigenvalue weighted by Gasteiger charge is 2.13. The van der Waals surface area contributed by atoms with Gasteiger partial charge in [0.05, 0.1) is 25.1 Å². The Morgan fingerprint density at radius 2 is 1.44 bits per heavy atom. The lowest BCUT2D eigenvalue weighted by molar-refractivity contribution is -0.118. The number of hydrazone groups is 1. The smallest absolute Gasteiger partial charge is 0.271 e. The summed E-state index contributed by atoms with van der Waals surface area (Å²) in [6.45, 7) is 4.43. The van der Waals surface area contributed by atoms with Gasteiger partial charge in [0.25, 0.3) is 11.8 Å². The zero-order chi connectivity index (χ0) is 30.4. The molecular formula is C33H32FN3O6. The number of nitrogens with zero attached hydrogens (tertiary/aromatic N) is 1. The summed E-state index contributed by atoms with van der Waals surface area (Å²) in [5, 5.41) is 6.53. The quantitative estimate of drug-likeness (QED) is 0.139. The first-order valence-corrected chi connectivity index (χ1v) is 13.7. The maximum Gasteiger partial charge on any atom is 0.271 e. The molecule has 222 valence electrons. The minimum Gasteiger partial charge on any atom is -0.490 e. The van der Waals surface area contributed by atoms with Crippen LogP contribution in [0.4, 0.5) is 10.1 Å². The zero-order valence-corrected chi connectivity index (χ0v) is 23.8. The number of benzene rings is 4. The van der Waals surface area contributed by atoms with E-state index < -0.39 is 17.6 Å². The van der Waals surface area contributed by atoms with Crippen molar-refractivity contribution in [3.63, 3.8) is 0 Å². The molecule has 0 aliphatic heterocycles. The molecule has 0 aliphatic rings. The number of amides is 2. The molecule has 0 bridgehead atoms. The van der Waals surface area contributed by atoms with Crippen LogP contribution >= 0.6 is 0 Å². The fraction of sp³-hybridized carbons (Fsp3) is 0.182. The van der Waals surface area contributed by atoms with Crippen molar-refractivity contribution in [2.45, 2.75) is 20.5 Å². The highest BCUT2D eigenvalue weighted by Crippen LogP contribution is 2.30. The van der Waals surface area contributed by atoms with Gasteiger partial charge in [-0.2, -0.15) is 5.10 Å². The number of para-hydroxylation sites is 1. The number of carbonyl (C=O) groups is 2. The van der Waals surface area contributed by atoms with Crippen molar-refractivity contribution < 1.29 is 32.9 Å². The van der Waals surface area contributed by atoms with Crippen LogP contribution in [0.2, 0.25) is 0 Å². The fourth-order valence-electron chi connectivity index (χ4n) is 3.89. The fourth-order valence-corrected chi connectivity index (χ4v) is 3.89. The molecule has 10 heteroatoms. The van der Waals surface area contributed by atoms with Crippen molar-refractivity contribution in [2.24, 2.45) is 5.10 Å². The van der Waals surface area contributed by atoms with Gasteiger partial charge in [-0.25, -0.2) is 9.82 Å². The summed E-state index contributed by atoms with van der Waals surface area (Å²) in [5.74, 6) is 0.188. The minimum absolute atomic E-state index is 0.0659. The predicted molar refractivity (Wildman–Crippen MR) is 162 cm³/mol. The van der Waals surface area contributed by atoms with E-state index in [1.165, 1.54) is 24.4 Å². The number of rotatable bonds is 14. The standard InChI is InChI=1S/C33H32FN3O6/c1-3-40-30-18-24(14-16-28(30)43-22-32(38)36-27-13-9-8-12-26(27)34)20-35-37-33(39)25-15-17-29(31(19-25)41-4-2)42-21-23-10-6-5-7-11-23/h5-20H,3-4,21-22H2,1-2H3,(H,36,38)(H,37,39)/b35-20+. The summed E-state index contributed by atoms with van der Waals surface area (Å²) in [6, 6.07) is 25.5. The maximum atomic E-state index is 13.8. The van der Waals surface area contributed by atoms with Gasteiger partial charge in [0.15, 0.2) is 29.6 Å². The molecular weight excluding hydrogens is 553 g/mol. The number of nitrogens with one attached hydrogen (secondary N) is 2. The molecule has 43 heavy (non-hydrogen) atoms. The SMILES string of the molecule is CCOc1cc(/C=N/NC(=O)c2ccc(OCc3ccccc3)c(OCC)c2)ccc1OCC(=O)Nc1ccccc1F. The van der Waals surface area contributed by atoms with Crippen LogP contribution in [0.1, 0.15) is 35.3 Å². The Morgan fingerprint density at radius 3 is 2.19 bits per heavy atom. The van der Waals surface area contributed by atoms with Crippen LogP contribution in [-0.2, 0) is 11.4 Å². The Morgan fingerprint density at radius 1 is 0.767 bits per heavy atom.